The van der Waals surface area contributed by atoms with E-state index in [0.29, 0.717) is 0 Å². The molecule has 0 heterocycles. The van der Waals surface area contributed by atoms with E-state index >= 15 is 0 Å². The summed E-state index contributed by atoms with van der Waals surface area (Å²) in [5, 5.41) is 1.29. The molecule has 0 aromatic rings. The van der Waals surface area contributed by atoms with Crippen LogP contribution in [0, 0.1) is 0 Å². The summed E-state index contributed by atoms with van der Waals surface area (Å²) in [7, 11) is 0. The van der Waals surface area contributed by atoms with Gasteiger partial charge in [0.15, 0.2) is 0 Å². The van der Waals surface area contributed by atoms with Crippen LogP contribution in [0.1, 0.15) is 26.2 Å². The van der Waals surface area contributed by atoms with E-state index in [1.807, 2.05) is 0 Å². The Balaban J connectivity index is 2.60. The third-order valence-corrected chi connectivity index (χ3v) is 1.24. The van der Waals surface area contributed by atoms with Crippen molar-refractivity contribution >= 4 is 17.7 Å². The van der Waals surface area contributed by atoms with Gasteiger partial charge in [0, 0.05) is 0 Å². The van der Waals surface area contributed by atoms with Crippen LogP contribution in [0.5, 0.6) is 0 Å². The quantitative estimate of drug-likeness (QED) is 0.385. The van der Waals surface area contributed by atoms with E-state index in [4.69, 9.17) is 4.74 Å². The Labute approximate surface area is 67.4 Å². The van der Waals surface area contributed by atoms with Crippen LogP contribution in [-0.4, -0.2) is 30.9 Å². The van der Waals surface area contributed by atoms with Crippen molar-refractivity contribution in [2.45, 2.75) is 31.3 Å². The van der Waals surface area contributed by atoms with Crippen molar-refractivity contribution in [3.05, 3.63) is 0 Å². The molecule has 0 bridgehead atoms. The second-order valence-corrected chi connectivity index (χ2v) is 2.32. The van der Waals surface area contributed by atoms with Gasteiger partial charge in [0.05, 0.1) is 0 Å². The van der Waals surface area contributed by atoms with E-state index in [9.17, 15) is 0 Å². The topological polar surface area (TPSA) is 9.23 Å². The average Bonchev–Trinajstić information content (AvgIpc) is 1.89. The number of hydrogen-bond acceptors (Lipinski definition) is 1. The van der Waals surface area contributed by atoms with Gasteiger partial charge in [-0.05, 0) is 0 Å². The summed E-state index contributed by atoms with van der Waals surface area (Å²) >= 11 is 2.21. The fourth-order valence-corrected chi connectivity index (χ4v) is 0.701. The summed E-state index contributed by atoms with van der Waals surface area (Å²) in [5.41, 5.74) is 0. The summed E-state index contributed by atoms with van der Waals surface area (Å²) in [6.07, 6.45) is 3.69. The zero-order valence-electron chi connectivity index (χ0n) is 6.65. The molecule has 0 aliphatic rings. The Hall–Kier alpha value is 0.557. The summed E-state index contributed by atoms with van der Waals surface area (Å²) in [5.74, 6) is 0. The summed E-state index contributed by atoms with van der Waals surface area (Å²) in [6, 6.07) is 0. The first kappa shape index (κ1) is 9.56. The molecule has 0 aromatic carbocycles. The number of hydrogen-bond donors (Lipinski definition) is 0. The van der Waals surface area contributed by atoms with Crippen LogP contribution in [0.15, 0.2) is 0 Å². The second kappa shape index (κ2) is 8.56. The van der Waals surface area contributed by atoms with E-state index in [0.717, 1.165) is 19.6 Å². The molecule has 0 aromatic heterocycles. The molecule has 0 atom stereocenters. The Morgan fingerprint density at radius 3 is 2.56 bits per heavy atom. The zero-order valence-corrected chi connectivity index (χ0v) is 6.65. The predicted octanol–water partition coefficient (Wildman–Crippen LogP) is 1.78. The molecule has 0 spiro atoms. The molecule has 1 nitrogen and oxygen atoms in total. The second-order valence-electron chi connectivity index (χ2n) is 2.32. The molecule has 0 aliphatic carbocycles. The van der Waals surface area contributed by atoms with Crippen molar-refractivity contribution < 1.29 is 4.74 Å². The SMILES string of the molecule is [Li][CH2]CCCOCCC. The van der Waals surface area contributed by atoms with Gasteiger partial charge in [-0.15, -0.1) is 0 Å². The van der Waals surface area contributed by atoms with E-state index in [-0.39, 0.29) is 0 Å². The Morgan fingerprint density at radius 1 is 1.22 bits per heavy atom. The molecule has 0 radical (unpaired) electrons. The van der Waals surface area contributed by atoms with Crippen molar-refractivity contribution in [2.24, 2.45) is 0 Å². The van der Waals surface area contributed by atoms with Crippen molar-refractivity contribution in [3.63, 3.8) is 0 Å². The number of rotatable bonds is 6. The van der Waals surface area contributed by atoms with Gasteiger partial charge >= 0.3 is 66.9 Å². The normalized spacial score (nSPS) is 10.1. The first-order chi connectivity index (χ1) is 4.41. The molecular formula is C7H15LiO. The maximum atomic E-state index is 5.28. The third-order valence-electron chi connectivity index (χ3n) is 1.24. The van der Waals surface area contributed by atoms with Gasteiger partial charge in [0.25, 0.3) is 0 Å². The van der Waals surface area contributed by atoms with Gasteiger partial charge in [-0.25, -0.2) is 0 Å². The fraction of sp³-hybridized carbons (Fsp3) is 1.00. The summed E-state index contributed by atoms with van der Waals surface area (Å²) in [6.45, 7) is 4.03. The summed E-state index contributed by atoms with van der Waals surface area (Å²) < 4.78 is 5.28. The van der Waals surface area contributed by atoms with Gasteiger partial charge in [0.2, 0.25) is 0 Å². The Kier molecular flexibility index (Phi) is 9.09. The minimum atomic E-state index is 0.934. The van der Waals surface area contributed by atoms with E-state index in [1.165, 1.54) is 17.9 Å². The van der Waals surface area contributed by atoms with Crippen molar-refractivity contribution in [2.75, 3.05) is 13.2 Å². The molecular weight excluding hydrogens is 107 g/mol. The molecule has 2 heteroatoms. The van der Waals surface area contributed by atoms with E-state index in [1.54, 1.807) is 0 Å². The molecule has 0 rings (SSSR count). The van der Waals surface area contributed by atoms with E-state index < -0.39 is 0 Å². The van der Waals surface area contributed by atoms with Crippen molar-refractivity contribution in [3.8, 4) is 0 Å². The van der Waals surface area contributed by atoms with Crippen molar-refractivity contribution in [1.82, 2.24) is 0 Å². The molecule has 0 saturated heterocycles. The molecule has 0 N–H and O–H groups in total. The molecule has 0 fully saturated rings. The van der Waals surface area contributed by atoms with Crippen LogP contribution in [0.4, 0.5) is 0 Å². The van der Waals surface area contributed by atoms with Crippen LogP contribution in [0.2, 0.25) is 5.09 Å². The van der Waals surface area contributed by atoms with Crippen LogP contribution in [0.25, 0.3) is 0 Å². The van der Waals surface area contributed by atoms with Crippen LogP contribution in [-0.2, 0) is 4.74 Å². The molecule has 9 heavy (non-hydrogen) atoms. The zero-order chi connectivity index (χ0) is 6.95. The average molecular weight is 122 g/mol. The monoisotopic (exact) mass is 122 g/mol. The van der Waals surface area contributed by atoms with Gasteiger partial charge in [0.1, 0.15) is 0 Å². The standard InChI is InChI=1S/C7H15O.Li/c1-3-5-7-8-6-4-2;/h1,3-7H2,2H3;. The van der Waals surface area contributed by atoms with E-state index in [2.05, 4.69) is 24.6 Å². The minimum absolute atomic E-state index is 0.934. The maximum absolute atomic E-state index is 5.28. The third kappa shape index (κ3) is 8.56. The molecule has 0 aliphatic heterocycles. The van der Waals surface area contributed by atoms with Gasteiger partial charge in [-0.2, -0.15) is 0 Å². The Bertz CT molecular complexity index is 42.2. The molecule has 0 saturated carbocycles. The number of unbranched alkanes of at least 4 members (excludes halogenated alkanes) is 1. The van der Waals surface area contributed by atoms with Gasteiger partial charge in [-0.1, -0.05) is 0 Å². The summed E-state index contributed by atoms with van der Waals surface area (Å²) in [4.78, 5) is 0. The predicted molar refractivity (Wildman–Crippen MR) is 40.9 cm³/mol. The number of ether oxygens (including phenoxy) is 1. The van der Waals surface area contributed by atoms with Crippen LogP contribution >= 0.6 is 0 Å². The van der Waals surface area contributed by atoms with Crippen LogP contribution < -0.4 is 0 Å². The van der Waals surface area contributed by atoms with Gasteiger partial charge < -0.3 is 0 Å². The fourth-order valence-electron chi connectivity index (χ4n) is 0.701. The first-order valence-corrected chi connectivity index (χ1v) is 3.99. The molecule has 0 amide bonds. The van der Waals surface area contributed by atoms with Gasteiger partial charge in [-0.3, -0.25) is 0 Å². The first-order valence-electron chi connectivity index (χ1n) is 3.99. The Morgan fingerprint density at radius 2 is 2.00 bits per heavy atom. The van der Waals surface area contributed by atoms with Crippen molar-refractivity contribution in [1.29, 1.82) is 0 Å². The molecule has 0 unspecified atom stereocenters. The van der Waals surface area contributed by atoms with Crippen LogP contribution in [0.3, 0.4) is 0 Å². The molecule has 50 valence electrons.